The zero-order valence-corrected chi connectivity index (χ0v) is 12.6. The van der Waals surface area contributed by atoms with E-state index in [0.717, 1.165) is 12.8 Å². The molecule has 2 aliphatic carbocycles. The summed E-state index contributed by atoms with van der Waals surface area (Å²) in [5, 5.41) is 0. The summed E-state index contributed by atoms with van der Waals surface area (Å²) in [6.45, 7) is 8.34. The maximum absolute atomic E-state index is 12.2. The van der Waals surface area contributed by atoms with Crippen LogP contribution in [0.15, 0.2) is 0 Å². The van der Waals surface area contributed by atoms with Gasteiger partial charge < -0.3 is 9.31 Å². The SMILES string of the molecule is CC1(C)OB(C2CC(=O)C23CCCCC3)OC1(C)C. The van der Waals surface area contributed by atoms with Crippen LogP contribution in [0.1, 0.15) is 66.2 Å². The number of carbonyl (C=O) groups is 1. The first-order valence-corrected chi connectivity index (χ1v) is 7.67. The van der Waals surface area contributed by atoms with E-state index in [1.807, 2.05) is 0 Å². The molecule has 19 heavy (non-hydrogen) atoms. The molecule has 106 valence electrons. The molecule has 0 bridgehead atoms. The molecule has 3 rings (SSSR count). The molecule has 1 heterocycles. The summed E-state index contributed by atoms with van der Waals surface area (Å²) in [6.07, 6.45) is 6.37. The van der Waals surface area contributed by atoms with Crippen molar-refractivity contribution in [2.45, 2.75) is 83.2 Å². The minimum atomic E-state index is -0.286. The summed E-state index contributed by atoms with van der Waals surface area (Å²) < 4.78 is 12.3. The molecule has 1 unspecified atom stereocenters. The molecule has 0 amide bonds. The van der Waals surface area contributed by atoms with Crippen molar-refractivity contribution >= 4 is 12.9 Å². The van der Waals surface area contributed by atoms with Gasteiger partial charge in [-0.05, 0) is 40.5 Å². The average Bonchev–Trinajstić information content (AvgIpc) is 2.56. The third-order valence-electron chi connectivity index (χ3n) is 6.02. The second-order valence-electron chi connectivity index (χ2n) is 7.58. The Kier molecular flexibility index (Phi) is 2.93. The molecule has 0 radical (unpaired) electrons. The van der Waals surface area contributed by atoms with Crippen LogP contribution in [0.4, 0.5) is 0 Å². The fraction of sp³-hybridized carbons (Fsp3) is 0.933. The Hall–Kier alpha value is -0.345. The van der Waals surface area contributed by atoms with Crippen molar-refractivity contribution in [1.29, 1.82) is 0 Å². The lowest BCUT2D eigenvalue weighted by molar-refractivity contribution is -0.141. The maximum Gasteiger partial charge on any atom is 0.462 e. The summed E-state index contributed by atoms with van der Waals surface area (Å²) in [5.74, 6) is 0.730. The first kappa shape index (κ1) is 13.6. The van der Waals surface area contributed by atoms with Gasteiger partial charge in [-0.2, -0.15) is 0 Å². The van der Waals surface area contributed by atoms with Gasteiger partial charge >= 0.3 is 7.12 Å². The molecule has 4 heteroatoms. The average molecular weight is 264 g/mol. The summed E-state index contributed by atoms with van der Waals surface area (Å²) >= 11 is 0. The van der Waals surface area contributed by atoms with E-state index in [0.29, 0.717) is 12.2 Å². The van der Waals surface area contributed by atoms with Crippen molar-refractivity contribution in [2.24, 2.45) is 5.41 Å². The van der Waals surface area contributed by atoms with Gasteiger partial charge in [0.1, 0.15) is 5.78 Å². The topological polar surface area (TPSA) is 35.5 Å². The largest absolute Gasteiger partial charge is 0.462 e. The number of hydrogen-bond donors (Lipinski definition) is 0. The van der Waals surface area contributed by atoms with Crippen molar-refractivity contribution in [3.8, 4) is 0 Å². The number of hydrogen-bond acceptors (Lipinski definition) is 3. The minimum Gasteiger partial charge on any atom is -0.403 e. The van der Waals surface area contributed by atoms with Crippen LogP contribution in [0.5, 0.6) is 0 Å². The Morgan fingerprint density at radius 2 is 1.53 bits per heavy atom. The summed E-state index contributed by atoms with van der Waals surface area (Å²) in [5.41, 5.74) is -0.683. The highest BCUT2D eigenvalue weighted by molar-refractivity contribution is 6.50. The van der Waals surface area contributed by atoms with Gasteiger partial charge in [0.2, 0.25) is 0 Å². The molecule has 1 spiro atoms. The second kappa shape index (κ2) is 4.08. The Labute approximate surface area is 116 Å². The van der Waals surface area contributed by atoms with Crippen molar-refractivity contribution in [3.05, 3.63) is 0 Å². The second-order valence-corrected chi connectivity index (χ2v) is 7.58. The molecular weight excluding hydrogens is 239 g/mol. The molecule has 0 N–H and O–H groups in total. The molecule has 1 aliphatic heterocycles. The van der Waals surface area contributed by atoms with E-state index in [9.17, 15) is 4.79 Å². The Morgan fingerprint density at radius 1 is 1.00 bits per heavy atom. The van der Waals surface area contributed by atoms with Crippen molar-refractivity contribution < 1.29 is 14.1 Å². The van der Waals surface area contributed by atoms with E-state index >= 15 is 0 Å². The summed E-state index contributed by atoms with van der Waals surface area (Å²) in [7, 11) is -0.194. The van der Waals surface area contributed by atoms with Crippen LogP contribution in [0.3, 0.4) is 0 Å². The van der Waals surface area contributed by atoms with E-state index in [4.69, 9.17) is 9.31 Å². The van der Waals surface area contributed by atoms with Crippen LogP contribution in [-0.2, 0) is 14.1 Å². The molecular formula is C15H25BO3. The fourth-order valence-electron chi connectivity index (χ4n) is 3.92. The molecule has 3 fully saturated rings. The Balaban J connectivity index is 1.79. The predicted octanol–water partition coefficient (Wildman–Crippen LogP) is 3.37. The molecule has 2 saturated carbocycles. The molecule has 1 saturated heterocycles. The lowest BCUT2D eigenvalue weighted by atomic mass is 9.42. The van der Waals surface area contributed by atoms with E-state index in [1.54, 1.807) is 0 Å². The highest BCUT2D eigenvalue weighted by Gasteiger charge is 2.65. The number of Topliss-reactive ketones (excluding diaryl/α,β-unsaturated/α-hetero) is 1. The van der Waals surface area contributed by atoms with E-state index in [1.165, 1.54) is 19.3 Å². The Morgan fingerprint density at radius 3 is 2.00 bits per heavy atom. The van der Waals surface area contributed by atoms with Gasteiger partial charge in [0.05, 0.1) is 11.2 Å². The molecule has 3 aliphatic rings. The highest BCUT2D eigenvalue weighted by Crippen LogP contribution is 2.60. The van der Waals surface area contributed by atoms with E-state index in [-0.39, 0.29) is 29.6 Å². The van der Waals surface area contributed by atoms with Gasteiger partial charge in [-0.3, -0.25) is 4.79 Å². The maximum atomic E-state index is 12.2. The van der Waals surface area contributed by atoms with E-state index < -0.39 is 0 Å². The van der Waals surface area contributed by atoms with Gasteiger partial charge in [0.15, 0.2) is 0 Å². The smallest absolute Gasteiger partial charge is 0.403 e. The van der Waals surface area contributed by atoms with Crippen molar-refractivity contribution in [1.82, 2.24) is 0 Å². The standard InChI is InChI=1S/C15H25BO3/c1-13(2)14(3,4)19-16(18-13)11-10-12(17)15(11)8-6-5-7-9-15/h11H,5-10H2,1-4H3. The summed E-state index contributed by atoms with van der Waals surface area (Å²) in [6, 6.07) is 0. The number of rotatable bonds is 1. The quantitative estimate of drug-likeness (QED) is 0.681. The molecule has 0 aromatic carbocycles. The van der Waals surface area contributed by atoms with Crippen LogP contribution in [-0.4, -0.2) is 24.1 Å². The normalized spacial score (nSPS) is 35.5. The van der Waals surface area contributed by atoms with Crippen LogP contribution in [0, 0.1) is 5.41 Å². The van der Waals surface area contributed by atoms with Crippen LogP contribution >= 0.6 is 0 Å². The molecule has 0 aromatic heterocycles. The first-order chi connectivity index (χ1) is 8.79. The van der Waals surface area contributed by atoms with Crippen LogP contribution in [0.25, 0.3) is 0 Å². The minimum absolute atomic E-state index is 0.112. The fourth-order valence-corrected chi connectivity index (χ4v) is 3.92. The van der Waals surface area contributed by atoms with Crippen molar-refractivity contribution in [3.63, 3.8) is 0 Å². The first-order valence-electron chi connectivity index (χ1n) is 7.67. The molecule has 1 atom stereocenters. The molecule has 3 nitrogen and oxygen atoms in total. The van der Waals surface area contributed by atoms with Gasteiger partial charge in [0.25, 0.3) is 0 Å². The van der Waals surface area contributed by atoms with Gasteiger partial charge in [0, 0.05) is 17.7 Å². The molecule has 0 aromatic rings. The van der Waals surface area contributed by atoms with Gasteiger partial charge in [-0.15, -0.1) is 0 Å². The third-order valence-corrected chi connectivity index (χ3v) is 6.02. The van der Waals surface area contributed by atoms with Crippen LogP contribution < -0.4 is 0 Å². The van der Waals surface area contributed by atoms with Crippen molar-refractivity contribution in [2.75, 3.05) is 0 Å². The third kappa shape index (κ3) is 1.83. The lowest BCUT2D eigenvalue weighted by Crippen LogP contribution is -2.54. The predicted molar refractivity (Wildman–Crippen MR) is 75.0 cm³/mol. The zero-order valence-electron chi connectivity index (χ0n) is 12.6. The van der Waals surface area contributed by atoms with Crippen LogP contribution in [0.2, 0.25) is 5.82 Å². The highest BCUT2D eigenvalue weighted by atomic mass is 16.7. The summed E-state index contributed by atoms with van der Waals surface area (Å²) in [4.78, 5) is 12.2. The zero-order chi connectivity index (χ0) is 13.9. The number of carbonyl (C=O) groups excluding carboxylic acids is 1. The monoisotopic (exact) mass is 264 g/mol. The lowest BCUT2D eigenvalue weighted by Gasteiger charge is -2.50. The Bertz CT molecular complexity index is 380. The van der Waals surface area contributed by atoms with Gasteiger partial charge in [-0.25, -0.2) is 0 Å². The van der Waals surface area contributed by atoms with Gasteiger partial charge in [-0.1, -0.05) is 19.3 Å². The van der Waals surface area contributed by atoms with E-state index in [2.05, 4.69) is 27.7 Å². The number of ketones is 1.